The summed E-state index contributed by atoms with van der Waals surface area (Å²) in [5, 5.41) is 8.67. The quantitative estimate of drug-likeness (QED) is 0.767. The fourth-order valence-corrected chi connectivity index (χ4v) is 1.73. The molecule has 0 aliphatic rings. The Morgan fingerprint density at radius 2 is 2.00 bits per heavy atom. The van der Waals surface area contributed by atoms with Gasteiger partial charge in [0.05, 0.1) is 0 Å². The molecule has 1 aromatic rings. The van der Waals surface area contributed by atoms with Gasteiger partial charge in [-0.15, -0.1) is 0 Å². The maximum absolute atomic E-state index is 10.7. The van der Waals surface area contributed by atoms with Crippen LogP contribution in [0, 0.1) is 13.8 Å². The minimum absolute atomic E-state index is 0.650. The molecular weight excluding hydrogens is 220 g/mol. The number of hydrogen-bond acceptors (Lipinski definition) is 2. The lowest BCUT2D eigenvalue weighted by atomic mass is 10.0. The van der Waals surface area contributed by atoms with E-state index in [4.69, 9.17) is 16.7 Å². The molecule has 0 saturated carbocycles. The van der Waals surface area contributed by atoms with E-state index in [1.807, 2.05) is 13.8 Å². The highest BCUT2D eigenvalue weighted by molar-refractivity contribution is 7.81. The molecule has 0 aromatic heterocycles. The lowest BCUT2D eigenvalue weighted by molar-refractivity contribution is -0.136. The highest BCUT2D eigenvalue weighted by Gasteiger charge is 2.17. The largest absolute Gasteiger partial charge is 0.480 e. The molecule has 1 atom stereocenters. The average molecular weight is 231 g/mol. The summed E-state index contributed by atoms with van der Waals surface area (Å²) in [4.78, 5) is 10.7. The van der Waals surface area contributed by atoms with Gasteiger partial charge in [-0.05, 0) is 36.6 Å². The molecule has 0 radical (unpaired) electrons. The Labute approximate surface area is 93.3 Å². The predicted octanol–water partition coefficient (Wildman–Crippen LogP) is 3.01. The Hall–Kier alpha value is -0.670. The number of carbonyl (C=O) groups is 1. The molecule has 0 spiro atoms. The molecule has 0 saturated heterocycles. The molecule has 1 N–H and O–H groups in total. The van der Waals surface area contributed by atoms with E-state index in [0.717, 1.165) is 11.1 Å². The fraction of sp³-hybridized carbons (Fsp3) is 0.300. The molecule has 4 heteroatoms. The smallest absolute Gasteiger partial charge is 0.320 e. The van der Waals surface area contributed by atoms with E-state index in [1.54, 1.807) is 12.1 Å². The van der Waals surface area contributed by atoms with E-state index in [0.29, 0.717) is 10.6 Å². The summed E-state index contributed by atoms with van der Waals surface area (Å²) in [6.07, 6.45) is 0. The lowest BCUT2D eigenvalue weighted by Crippen LogP contribution is -2.07. The van der Waals surface area contributed by atoms with Crippen LogP contribution in [0.2, 0.25) is 5.02 Å². The van der Waals surface area contributed by atoms with Crippen LogP contribution in [-0.2, 0) is 4.79 Å². The molecular formula is C10H11ClO2S. The number of aryl methyl sites for hydroxylation is 2. The second-order valence-corrected chi connectivity index (χ2v) is 4.12. The molecule has 76 valence electrons. The minimum Gasteiger partial charge on any atom is -0.480 e. The summed E-state index contributed by atoms with van der Waals surface area (Å²) in [5.74, 6) is -0.946. The van der Waals surface area contributed by atoms with Gasteiger partial charge in [0.1, 0.15) is 5.25 Å². The van der Waals surface area contributed by atoms with Gasteiger partial charge in [0.25, 0.3) is 0 Å². The van der Waals surface area contributed by atoms with Gasteiger partial charge in [0.2, 0.25) is 0 Å². The maximum atomic E-state index is 10.7. The molecule has 0 bridgehead atoms. The van der Waals surface area contributed by atoms with Crippen LogP contribution >= 0.6 is 24.2 Å². The van der Waals surface area contributed by atoms with Gasteiger partial charge < -0.3 is 5.11 Å². The number of rotatable bonds is 2. The first-order chi connectivity index (χ1) is 6.43. The van der Waals surface area contributed by atoms with Gasteiger partial charge in [-0.1, -0.05) is 17.7 Å². The number of thiol groups is 1. The summed E-state index contributed by atoms with van der Waals surface area (Å²) in [7, 11) is 0. The van der Waals surface area contributed by atoms with Gasteiger partial charge in [-0.3, -0.25) is 4.79 Å². The summed E-state index contributed by atoms with van der Waals surface area (Å²) in [6, 6.07) is 3.53. The van der Waals surface area contributed by atoms with Crippen molar-refractivity contribution in [3.63, 3.8) is 0 Å². The van der Waals surface area contributed by atoms with Crippen LogP contribution in [0.25, 0.3) is 0 Å². The van der Waals surface area contributed by atoms with Crippen LogP contribution in [0.5, 0.6) is 0 Å². The third-order valence-corrected chi connectivity index (χ3v) is 2.98. The summed E-state index contributed by atoms with van der Waals surface area (Å²) in [6.45, 7) is 3.67. The third-order valence-electron chi connectivity index (χ3n) is 2.08. The van der Waals surface area contributed by atoms with E-state index in [-0.39, 0.29) is 0 Å². The highest BCUT2D eigenvalue weighted by atomic mass is 35.5. The van der Waals surface area contributed by atoms with Crippen molar-refractivity contribution in [2.45, 2.75) is 19.1 Å². The molecule has 0 amide bonds. The van der Waals surface area contributed by atoms with Crippen LogP contribution in [0.1, 0.15) is 21.9 Å². The van der Waals surface area contributed by atoms with E-state index < -0.39 is 11.2 Å². The average Bonchev–Trinajstić information content (AvgIpc) is 2.10. The third kappa shape index (κ3) is 2.22. The number of halogens is 1. The topological polar surface area (TPSA) is 37.3 Å². The van der Waals surface area contributed by atoms with Gasteiger partial charge in [-0.25, -0.2) is 0 Å². The molecule has 1 unspecified atom stereocenters. The molecule has 14 heavy (non-hydrogen) atoms. The van der Waals surface area contributed by atoms with Crippen molar-refractivity contribution >= 4 is 30.2 Å². The fourth-order valence-electron chi connectivity index (χ4n) is 1.23. The Morgan fingerprint density at radius 1 is 1.43 bits per heavy atom. The number of hydrogen-bond donors (Lipinski definition) is 2. The minimum atomic E-state index is -0.946. The first-order valence-corrected chi connectivity index (χ1v) is 5.00. The zero-order valence-electron chi connectivity index (χ0n) is 7.91. The molecule has 1 aromatic carbocycles. The normalized spacial score (nSPS) is 12.6. The van der Waals surface area contributed by atoms with Crippen LogP contribution in [-0.4, -0.2) is 11.1 Å². The van der Waals surface area contributed by atoms with Gasteiger partial charge in [-0.2, -0.15) is 12.6 Å². The van der Waals surface area contributed by atoms with E-state index in [2.05, 4.69) is 12.6 Å². The van der Waals surface area contributed by atoms with E-state index in [9.17, 15) is 4.79 Å². The molecule has 0 fully saturated rings. The number of aliphatic carboxylic acids is 1. The molecule has 0 aliphatic heterocycles. The van der Waals surface area contributed by atoms with Gasteiger partial charge >= 0.3 is 5.97 Å². The van der Waals surface area contributed by atoms with Crippen molar-refractivity contribution in [1.29, 1.82) is 0 Å². The number of carboxylic acids is 1. The van der Waals surface area contributed by atoms with Crippen LogP contribution in [0.15, 0.2) is 12.1 Å². The highest BCUT2D eigenvalue weighted by Crippen LogP contribution is 2.28. The Kier molecular flexibility index (Phi) is 3.45. The molecule has 1 rings (SSSR count). The van der Waals surface area contributed by atoms with Crippen molar-refractivity contribution in [3.05, 3.63) is 33.8 Å². The molecule has 0 heterocycles. The number of benzene rings is 1. The van der Waals surface area contributed by atoms with Crippen LogP contribution < -0.4 is 0 Å². The summed E-state index contributed by atoms with van der Waals surface area (Å²) < 4.78 is 0. The monoisotopic (exact) mass is 230 g/mol. The first-order valence-electron chi connectivity index (χ1n) is 4.11. The number of carboxylic acid groups (broad SMARTS) is 1. The van der Waals surface area contributed by atoms with Crippen LogP contribution in [0.3, 0.4) is 0 Å². The van der Waals surface area contributed by atoms with Crippen molar-refractivity contribution in [3.8, 4) is 0 Å². The Morgan fingerprint density at radius 3 is 2.50 bits per heavy atom. The standard InChI is InChI=1S/C10H11ClO2S/c1-5-4-8(11)6(2)3-7(5)9(14)10(12)13/h3-4,9,14H,1-2H3,(H,12,13). The summed E-state index contributed by atoms with van der Waals surface area (Å²) >= 11 is 9.92. The Bertz CT molecular complexity index is 377. The van der Waals surface area contributed by atoms with Gasteiger partial charge in [0.15, 0.2) is 0 Å². The zero-order valence-corrected chi connectivity index (χ0v) is 9.56. The van der Waals surface area contributed by atoms with Crippen molar-refractivity contribution in [2.75, 3.05) is 0 Å². The second kappa shape index (κ2) is 4.24. The van der Waals surface area contributed by atoms with Crippen LogP contribution in [0.4, 0.5) is 0 Å². The zero-order chi connectivity index (χ0) is 10.9. The maximum Gasteiger partial charge on any atom is 0.320 e. The van der Waals surface area contributed by atoms with Crippen molar-refractivity contribution < 1.29 is 9.90 Å². The molecule has 2 nitrogen and oxygen atoms in total. The van der Waals surface area contributed by atoms with E-state index >= 15 is 0 Å². The predicted molar refractivity (Wildman–Crippen MR) is 60.3 cm³/mol. The molecule has 0 aliphatic carbocycles. The van der Waals surface area contributed by atoms with Gasteiger partial charge in [0, 0.05) is 5.02 Å². The second-order valence-electron chi connectivity index (χ2n) is 3.20. The van der Waals surface area contributed by atoms with Crippen molar-refractivity contribution in [2.24, 2.45) is 0 Å². The Balaban J connectivity index is 3.22. The van der Waals surface area contributed by atoms with E-state index in [1.165, 1.54) is 0 Å². The first kappa shape index (κ1) is 11.4. The summed E-state index contributed by atoms with van der Waals surface area (Å²) in [5.41, 5.74) is 2.42. The van der Waals surface area contributed by atoms with Crippen molar-refractivity contribution in [1.82, 2.24) is 0 Å². The lowest BCUT2D eigenvalue weighted by Gasteiger charge is -2.11. The SMILES string of the molecule is Cc1cc(C(S)C(=O)O)c(C)cc1Cl.